The van der Waals surface area contributed by atoms with E-state index in [4.69, 9.17) is 5.73 Å². The van der Waals surface area contributed by atoms with Crippen molar-refractivity contribution in [1.29, 1.82) is 0 Å². The van der Waals surface area contributed by atoms with Crippen molar-refractivity contribution in [2.45, 2.75) is 32.6 Å². The molecule has 0 radical (unpaired) electrons. The van der Waals surface area contributed by atoms with E-state index >= 15 is 0 Å². The number of nitrogens with two attached hydrogens (primary N) is 1. The molecule has 0 aliphatic rings. The first-order chi connectivity index (χ1) is 10.5. The molecule has 0 fully saturated rings. The monoisotopic (exact) mass is 335 g/mol. The maximum absolute atomic E-state index is 13.8. The number of carbonyl (C=O) groups excluding carboxylic acids is 2. The van der Waals surface area contributed by atoms with Crippen molar-refractivity contribution in [2.75, 3.05) is 0 Å². The second kappa shape index (κ2) is 7.30. The van der Waals surface area contributed by atoms with E-state index in [1.807, 2.05) is 0 Å². The van der Waals surface area contributed by atoms with E-state index in [0.717, 1.165) is 12.1 Å². The Morgan fingerprint density at radius 3 is 2.35 bits per heavy atom. The molecule has 4 N–H and O–H groups in total. The molecule has 0 saturated carbocycles. The van der Waals surface area contributed by atoms with Crippen LogP contribution in [0.4, 0.5) is 22.4 Å². The van der Waals surface area contributed by atoms with Gasteiger partial charge in [0.2, 0.25) is 5.91 Å². The maximum Gasteiger partial charge on any atom is 0.419 e. The van der Waals surface area contributed by atoms with Crippen molar-refractivity contribution in [2.24, 2.45) is 11.7 Å². The third-order valence-corrected chi connectivity index (χ3v) is 3.08. The molecule has 1 rings (SSSR count). The smallest absolute Gasteiger partial charge is 0.368 e. The lowest BCUT2D eigenvalue weighted by Crippen LogP contribution is -2.50. The lowest BCUT2D eigenvalue weighted by Gasteiger charge is -2.19. The van der Waals surface area contributed by atoms with E-state index in [1.165, 1.54) is 0 Å². The first kappa shape index (κ1) is 18.7. The molecule has 0 bridgehead atoms. The Balaban J connectivity index is 2.76. The molecule has 0 spiro atoms. The minimum Gasteiger partial charge on any atom is -0.368 e. The normalized spacial score (nSPS) is 12.8. The van der Waals surface area contributed by atoms with Crippen molar-refractivity contribution in [3.05, 3.63) is 35.1 Å². The molecular weight excluding hydrogens is 318 g/mol. The van der Waals surface area contributed by atoms with E-state index in [2.05, 4.69) is 10.6 Å². The van der Waals surface area contributed by atoms with E-state index < -0.39 is 42.1 Å². The largest absolute Gasteiger partial charge is 0.419 e. The highest BCUT2D eigenvalue weighted by atomic mass is 19.4. The van der Waals surface area contributed by atoms with E-state index in [1.54, 1.807) is 13.8 Å². The van der Waals surface area contributed by atoms with E-state index in [9.17, 15) is 27.2 Å². The number of carbonyl (C=O) groups is 2. The molecule has 0 saturated heterocycles. The van der Waals surface area contributed by atoms with Gasteiger partial charge in [0.1, 0.15) is 11.9 Å². The Kier molecular flexibility index (Phi) is 5.94. The van der Waals surface area contributed by atoms with Crippen molar-refractivity contribution in [1.82, 2.24) is 10.6 Å². The summed E-state index contributed by atoms with van der Waals surface area (Å²) >= 11 is 0. The number of primary amides is 1. The molecule has 23 heavy (non-hydrogen) atoms. The van der Waals surface area contributed by atoms with Crippen molar-refractivity contribution in [3.8, 4) is 0 Å². The summed E-state index contributed by atoms with van der Waals surface area (Å²) in [7, 11) is 0. The highest BCUT2D eigenvalue weighted by Crippen LogP contribution is 2.32. The molecule has 9 heteroatoms. The van der Waals surface area contributed by atoms with Crippen LogP contribution in [0, 0.1) is 11.7 Å². The van der Waals surface area contributed by atoms with E-state index in [0.29, 0.717) is 6.07 Å². The molecule has 0 aromatic heterocycles. The van der Waals surface area contributed by atoms with Gasteiger partial charge in [-0.25, -0.2) is 9.18 Å². The number of urea groups is 1. The van der Waals surface area contributed by atoms with Gasteiger partial charge in [-0.1, -0.05) is 26.0 Å². The second-order valence-electron chi connectivity index (χ2n) is 5.23. The summed E-state index contributed by atoms with van der Waals surface area (Å²) in [5.41, 5.74) is 3.39. The number of hydrogen-bond donors (Lipinski definition) is 3. The number of nitrogens with one attached hydrogen (secondary N) is 2. The van der Waals surface area contributed by atoms with Gasteiger partial charge < -0.3 is 16.4 Å². The van der Waals surface area contributed by atoms with Crippen LogP contribution < -0.4 is 16.4 Å². The van der Waals surface area contributed by atoms with Crippen LogP contribution in [-0.4, -0.2) is 18.0 Å². The summed E-state index contributed by atoms with van der Waals surface area (Å²) in [6, 6.07) is 1.00. The third kappa shape index (κ3) is 5.11. The van der Waals surface area contributed by atoms with Crippen LogP contribution in [0.2, 0.25) is 0 Å². The number of alkyl halides is 3. The lowest BCUT2D eigenvalue weighted by molar-refractivity contribution is -0.140. The molecular formula is C14H17F4N3O2. The van der Waals surface area contributed by atoms with Crippen molar-refractivity contribution in [3.63, 3.8) is 0 Å². The fraction of sp³-hybridized carbons (Fsp3) is 0.429. The summed E-state index contributed by atoms with van der Waals surface area (Å²) < 4.78 is 51.5. The van der Waals surface area contributed by atoms with Crippen LogP contribution in [0.3, 0.4) is 0 Å². The Morgan fingerprint density at radius 1 is 1.26 bits per heavy atom. The van der Waals surface area contributed by atoms with Crippen LogP contribution in [0.5, 0.6) is 0 Å². The number of hydrogen-bond acceptors (Lipinski definition) is 2. The molecule has 1 atom stereocenters. The molecule has 3 amide bonds. The summed E-state index contributed by atoms with van der Waals surface area (Å²) in [4.78, 5) is 22.8. The standard InChI is InChI=1S/C14H17F4N3O2/c1-7(2)11(12(19)22)21-13(23)20-6-8-4-3-5-9(10(8)15)14(16,17)18/h3-5,7,11H,6H2,1-2H3,(H2,19,22)(H2,20,21,23)/t11-/m0/s1. The van der Waals surface area contributed by atoms with Gasteiger partial charge in [0.15, 0.2) is 0 Å². The molecule has 128 valence electrons. The molecule has 5 nitrogen and oxygen atoms in total. The van der Waals surface area contributed by atoms with Gasteiger partial charge in [-0.15, -0.1) is 0 Å². The Hall–Kier alpha value is -2.32. The number of halogens is 4. The molecule has 0 aliphatic carbocycles. The van der Waals surface area contributed by atoms with Gasteiger partial charge in [0, 0.05) is 12.1 Å². The first-order valence-corrected chi connectivity index (χ1v) is 6.72. The Morgan fingerprint density at radius 2 is 1.87 bits per heavy atom. The SMILES string of the molecule is CC(C)[C@H](NC(=O)NCc1cccc(C(F)(F)F)c1F)C(N)=O. The summed E-state index contributed by atoms with van der Waals surface area (Å²) in [5, 5.41) is 4.47. The van der Waals surface area contributed by atoms with Gasteiger partial charge >= 0.3 is 12.2 Å². The minimum absolute atomic E-state index is 0.274. The fourth-order valence-corrected chi connectivity index (χ4v) is 1.87. The highest BCUT2D eigenvalue weighted by molar-refractivity contribution is 5.86. The predicted octanol–water partition coefficient (Wildman–Crippen LogP) is 2.15. The summed E-state index contributed by atoms with van der Waals surface area (Å²) in [6.07, 6.45) is -4.82. The topological polar surface area (TPSA) is 84.2 Å². The van der Waals surface area contributed by atoms with Crippen LogP contribution in [0.1, 0.15) is 25.0 Å². The number of rotatable bonds is 5. The molecule has 1 aromatic carbocycles. The summed E-state index contributed by atoms with van der Waals surface area (Å²) in [5.74, 6) is -2.47. The van der Waals surface area contributed by atoms with Gasteiger partial charge in [0.25, 0.3) is 0 Å². The average molecular weight is 335 g/mol. The molecule has 0 heterocycles. The third-order valence-electron chi connectivity index (χ3n) is 3.08. The van der Waals surface area contributed by atoms with Gasteiger partial charge in [-0.2, -0.15) is 13.2 Å². The summed E-state index contributed by atoms with van der Waals surface area (Å²) in [6.45, 7) is 2.84. The fourth-order valence-electron chi connectivity index (χ4n) is 1.87. The van der Waals surface area contributed by atoms with Gasteiger partial charge in [-0.3, -0.25) is 4.79 Å². The zero-order chi connectivity index (χ0) is 17.8. The second-order valence-corrected chi connectivity index (χ2v) is 5.23. The average Bonchev–Trinajstić information content (AvgIpc) is 2.41. The zero-order valence-corrected chi connectivity index (χ0v) is 12.5. The van der Waals surface area contributed by atoms with Crippen molar-refractivity contribution >= 4 is 11.9 Å². The number of amides is 3. The highest BCUT2D eigenvalue weighted by Gasteiger charge is 2.34. The van der Waals surface area contributed by atoms with Crippen LogP contribution in [0.15, 0.2) is 18.2 Å². The Labute approximate surface area is 130 Å². The minimum atomic E-state index is -4.82. The number of benzene rings is 1. The Bertz CT molecular complexity index is 588. The zero-order valence-electron chi connectivity index (χ0n) is 12.5. The molecule has 0 unspecified atom stereocenters. The maximum atomic E-state index is 13.8. The quantitative estimate of drug-likeness (QED) is 0.721. The van der Waals surface area contributed by atoms with E-state index in [-0.39, 0.29) is 11.5 Å². The van der Waals surface area contributed by atoms with Crippen LogP contribution in [-0.2, 0) is 17.5 Å². The first-order valence-electron chi connectivity index (χ1n) is 6.72. The van der Waals surface area contributed by atoms with Gasteiger partial charge in [0.05, 0.1) is 5.56 Å². The van der Waals surface area contributed by atoms with Crippen molar-refractivity contribution < 1.29 is 27.2 Å². The molecule has 0 aliphatic heterocycles. The van der Waals surface area contributed by atoms with Gasteiger partial charge in [-0.05, 0) is 12.0 Å². The lowest BCUT2D eigenvalue weighted by atomic mass is 10.0. The molecule has 1 aromatic rings. The predicted molar refractivity (Wildman–Crippen MR) is 74.6 cm³/mol. The van der Waals surface area contributed by atoms with Crippen LogP contribution >= 0.6 is 0 Å². The van der Waals surface area contributed by atoms with Crippen LogP contribution in [0.25, 0.3) is 0 Å².